The average Bonchev–Trinajstić information content (AvgIpc) is 3.03. The summed E-state index contributed by atoms with van der Waals surface area (Å²) in [6, 6.07) is 13.6. The standard InChI is InChI=1S/C21H21N3O3S/c1-24-9-8-16-17(11-24)28-21(19(16)20(22)26)23-18(25)12-27-15-7-6-13-4-2-3-5-14(13)10-15/h2-7,10H,8-9,11-12H2,1H3,(H2,22,26)(H,23,25). The number of fused-ring (bicyclic) bond motifs is 2. The van der Waals surface area contributed by atoms with E-state index in [0.717, 1.165) is 40.7 Å². The Hall–Kier alpha value is -2.90. The van der Waals surface area contributed by atoms with Gasteiger partial charge in [-0.2, -0.15) is 0 Å². The van der Waals surface area contributed by atoms with E-state index >= 15 is 0 Å². The van der Waals surface area contributed by atoms with Crippen LogP contribution in [0.5, 0.6) is 5.75 Å². The smallest absolute Gasteiger partial charge is 0.262 e. The van der Waals surface area contributed by atoms with E-state index in [2.05, 4.69) is 10.2 Å². The third-order valence-electron chi connectivity index (χ3n) is 4.84. The van der Waals surface area contributed by atoms with Gasteiger partial charge >= 0.3 is 0 Å². The van der Waals surface area contributed by atoms with Gasteiger partial charge in [-0.1, -0.05) is 30.3 Å². The van der Waals surface area contributed by atoms with Gasteiger partial charge in [0.2, 0.25) is 0 Å². The lowest BCUT2D eigenvalue weighted by atomic mass is 10.0. The molecule has 28 heavy (non-hydrogen) atoms. The van der Waals surface area contributed by atoms with Gasteiger partial charge in [0.25, 0.3) is 11.8 Å². The molecule has 0 unspecified atom stereocenters. The second-order valence-electron chi connectivity index (χ2n) is 6.91. The molecule has 144 valence electrons. The second kappa shape index (κ2) is 7.61. The van der Waals surface area contributed by atoms with Gasteiger partial charge in [-0.15, -0.1) is 11.3 Å². The van der Waals surface area contributed by atoms with Crippen LogP contribution in [-0.4, -0.2) is 36.9 Å². The number of hydrogen-bond acceptors (Lipinski definition) is 5. The summed E-state index contributed by atoms with van der Waals surface area (Å²) in [5.41, 5.74) is 6.98. The molecular formula is C21H21N3O3S. The van der Waals surface area contributed by atoms with Gasteiger partial charge in [0.15, 0.2) is 6.61 Å². The minimum Gasteiger partial charge on any atom is -0.484 e. The Morgan fingerprint density at radius 2 is 2.00 bits per heavy atom. The van der Waals surface area contributed by atoms with Crippen molar-refractivity contribution in [3.05, 3.63) is 58.5 Å². The summed E-state index contributed by atoms with van der Waals surface area (Å²) in [4.78, 5) is 27.6. The van der Waals surface area contributed by atoms with Gasteiger partial charge in [-0.05, 0) is 41.9 Å². The van der Waals surface area contributed by atoms with Gasteiger partial charge in [-0.3, -0.25) is 9.59 Å². The molecule has 0 saturated heterocycles. The highest BCUT2D eigenvalue weighted by molar-refractivity contribution is 7.17. The number of likely N-dealkylation sites (N-methyl/N-ethyl adjacent to an activating group) is 1. The van der Waals surface area contributed by atoms with E-state index in [1.807, 2.05) is 49.5 Å². The summed E-state index contributed by atoms with van der Waals surface area (Å²) in [6.07, 6.45) is 0.754. The molecule has 0 bridgehead atoms. The number of nitrogens with two attached hydrogens (primary N) is 1. The molecule has 1 aliphatic heterocycles. The molecule has 1 aromatic heterocycles. The summed E-state index contributed by atoms with van der Waals surface area (Å²) in [5, 5.41) is 5.48. The fraction of sp³-hybridized carbons (Fsp3) is 0.238. The van der Waals surface area contributed by atoms with Crippen LogP contribution in [0.1, 0.15) is 20.8 Å². The third-order valence-corrected chi connectivity index (χ3v) is 5.97. The van der Waals surface area contributed by atoms with Crippen LogP contribution in [0.2, 0.25) is 0 Å². The van der Waals surface area contributed by atoms with Crippen molar-refractivity contribution in [1.29, 1.82) is 0 Å². The largest absolute Gasteiger partial charge is 0.484 e. The Kier molecular flexibility index (Phi) is 5.02. The highest BCUT2D eigenvalue weighted by Crippen LogP contribution is 2.36. The maximum Gasteiger partial charge on any atom is 0.262 e. The zero-order valence-corrected chi connectivity index (χ0v) is 16.3. The average molecular weight is 395 g/mol. The monoisotopic (exact) mass is 395 g/mol. The molecule has 0 radical (unpaired) electrons. The van der Waals surface area contributed by atoms with E-state index in [4.69, 9.17) is 10.5 Å². The number of carbonyl (C=O) groups excluding carboxylic acids is 2. The molecule has 1 aliphatic rings. The number of primary amides is 1. The SMILES string of the molecule is CN1CCc2c(sc(NC(=O)COc3ccc4ccccc4c3)c2C(N)=O)C1. The van der Waals surface area contributed by atoms with Crippen molar-refractivity contribution in [2.24, 2.45) is 5.73 Å². The molecule has 0 spiro atoms. The van der Waals surface area contributed by atoms with Crippen LogP contribution in [0, 0.1) is 0 Å². The molecular weight excluding hydrogens is 374 g/mol. The van der Waals surface area contributed by atoms with Gasteiger partial charge in [0.1, 0.15) is 10.8 Å². The lowest BCUT2D eigenvalue weighted by Crippen LogP contribution is -2.27. The molecule has 2 aromatic carbocycles. The Morgan fingerprint density at radius 3 is 2.79 bits per heavy atom. The second-order valence-corrected chi connectivity index (χ2v) is 8.01. The van der Waals surface area contributed by atoms with E-state index in [0.29, 0.717) is 16.3 Å². The van der Waals surface area contributed by atoms with Crippen molar-refractivity contribution in [3.63, 3.8) is 0 Å². The van der Waals surface area contributed by atoms with Crippen LogP contribution in [0.15, 0.2) is 42.5 Å². The number of benzene rings is 2. The van der Waals surface area contributed by atoms with Crippen molar-refractivity contribution in [2.75, 3.05) is 25.5 Å². The quantitative estimate of drug-likeness (QED) is 0.696. The number of amides is 2. The Bertz CT molecular complexity index is 1060. The molecule has 2 amide bonds. The maximum absolute atomic E-state index is 12.4. The van der Waals surface area contributed by atoms with Gasteiger partial charge < -0.3 is 20.7 Å². The Balaban J connectivity index is 1.46. The highest BCUT2D eigenvalue weighted by atomic mass is 32.1. The number of rotatable bonds is 5. The van der Waals surface area contributed by atoms with Gasteiger partial charge in [-0.25, -0.2) is 0 Å². The number of ether oxygens (including phenoxy) is 1. The van der Waals surface area contributed by atoms with Crippen LogP contribution in [0.3, 0.4) is 0 Å². The molecule has 3 aromatic rings. The highest BCUT2D eigenvalue weighted by Gasteiger charge is 2.26. The maximum atomic E-state index is 12.4. The van der Waals surface area contributed by atoms with Crippen molar-refractivity contribution in [3.8, 4) is 5.75 Å². The molecule has 6 nitrogen and oxygen atoms in total. The van der Waals surface area contributed by atoms with Crippen LogP contribution in [0.4, 0.5) is 5.00 Å². The zero-order valence-electron chi connectivity index (χ0n) is 15.5. The van der Waals surface area contributed by atoms with E-state index in [1.54, 1.807) is 0 Å². The number of hydrogen-bond donors (Lipinski definition) is 2. The Morgan fingerprint density at radius 1 is 1.21 bits per heavy atom. The molecule has 0 atom stereocenters. The molecule has 0 fully saturated rings. The lowest BCUT2D eigenvalue weighted by Gasteiger charge is -2.22. The first kappa shape index (κ1) is 18.5. The molecule has 0 aliphatic carbocycles. The minimum absolute atomic E-state index is 0.140. The number of nitrogens with one attached hydrogen (secondary N) is 1. The number of nitrogens with zero attached hydrogens (tertiary/aromatic N) is 1. The summed E-state index contributed by atoms with van der Waals surface area (Å²) < 4.78 is 5.64. The first-order chi connectivity index (χ1) is 13.5. The predicted octanol–water partition coefficient (Wildman–Crippen LogP) is 3.01. The van der Waals surface area contributed by atoms with Crippen molar-refractivity contribution in [1.82, 2.24) is 4.90 Å². The van der Waals surface area contributed by atoms with Gasteiger partial charge in [0.05, 0.1) is 5.56 Å². The first-order valence-corrected chi connectivity index (χ1v) is 9.87. The topological polar surface area (TPSA) is 84.7 Å². The zero-order chi connectivity index (χ0) is 19.7. The predicted molar refractivity (Wildman–Crippen MR) is 111 cm³/mol. The molecule has 7 heteroatoms. The number of carbonyl (C=O) groups is 2. The normalized spacial score (nSPS) is 13.9. The summed E-state index contributed by atoms with van der Waals surface area (Å²) in [6.45, 7) is 1.48. The van der Waals surface area contributed by atoms with E-state index in [-0.39, 0.29) is 12.5 Å². The van der Waals surface area contributed by atoms with Crippen molar-refractivity contribution in [2.45, 2.75) is 13.0 Å². The Labute approximate surface area is 166 Å². The van der Waals surface area contributed by atoms with Crippen molar-refractivity contribution < 1.29 is 14.3 Å². The van der Waals surface area contributed by atoms with Crippen molar-refractivity contribution >= 4 is 38.9 Å². The molecule has 0 saturated carbocycles. The lowest BCUT2D eigenvalue weighted by molar-refractivity contribution is -0.118. The molecule has 2 heterocycles. The fourth-order valence-electron chi connectivity index (χ4n) is 3.45. The van der Waals surface area contributed by atoms with E-state index in [9.17, 15) is 9.59 Å². The summed E-state index contributed by atoms with van der Waals surface area (Å²) in [7, 11) is 2.03. The van der Waals surface area contributed by atoms with Crippen LogP contribution in [-0.2, 0) is 17.8 Å². The minimum atomic E-state index is -0.507. The number of thiophene rings is 1. The fourth-order valence-corrected chi connectivity index (χ4v) is 4.80. The van der Waals surface area contributed by atoms with Crippen LogP contribution < -0.4 is 15.8 Å². The van der Waals surface area contributed by atoms with Crippen LogP contribution >= 0.6 is 11.3 Å². The van der Waals surface area contributed by atoms with Crippen LogP contribution in [0.25, 0.3) is 10.8 Å². The molecule has 4 rings (SSSR count). The number of anilines is 1. The van der Waals surface area contributed by atoms with E-state index in [1.165, 1.54) is 11.3 Å². The summed E-state index contributed by atoms with van der Waals surface area (Å²) >= 11 is 1.42. The summed E-state index contributed by atoms with van der Waals surface area (Å²) in [5.74, 6) is -0.202. The van der Waals surface area contributed by atoms with E-state index < -0.39 is 5.91 Å². The third kappa shape index (κ3) is 3.72. The molecule has 3 N–H and O–H groups in total. The first-order valence-electron chi connectivity index (χ1n) is 9.05. The van der Waals surface area contributed by atoms with Gasteiger partial charge in [0, 0.05) is 18.0 Å².